The van der Waals surface area contributed by atoms with Crippen LogP contribution >= 0.6 is 0 Å². The fourth-order valence-corrected chi connectivity index (χ4v) is 4.94. The van der Waals surface area contributed by atoms with Crippen LogP contribution in [0.1, 0.15) is 31.0 Å². The third-order valence-electron chi connectivity index (χ3n) is 6.79. The highest BCUT2D eigenvalue weighted by Crippen LogP contribution is 2.27. The molecule has 178 valence electrons. The standard InChI is InChI=1S/C25H25N7O3/c33-23(11-15-31-21-7-3-4-8-22(21)35-25(31)34)29-13-9-18(10-14-29)24-26-12-16-30(24)17-32-20-6-2-1-5-19(20)27-28-32/h1-8,12,16,18H,9-11,13-15,17H2. The van der Waals surface area contributed by atoms with E-state index in [2.05, 4.69) is 19.9 Å². The third-order valence-corrected chi connectivity index (χ3v) is 6.79. The molecule has 1 saturated heterocycles. The minimum absolute atomic E-state index is 0.0538. The molecule has 0 atom stereocenters. The van der Waals surface area contributed by atoms with E-state index in [1.807, 2.05) is 64.4 Å². The van der Waals surface area contributed by atoms with Crippen molar-refractivity contribution < 1.29 is 9.21 Å². The van der Waals surface area contributed by atoms with Crippen molar-refractivity contribution in [1.82, 2.24) is 34.0 Å². The molecule has 0 spiro atoms. The van der Waals surface area contributed by atoms with E-state index in [1.54, 1.807) is 6.07 Å². The lowest BCUT2D eigenvalue weighted by Gasteiger charge is -2.32. The lowest BCUT2D eigenvalue weighted by Crippen LogP contribution is -2.39. The van der Waals surface area contributed by atoms with E-state index in [-0.39, 0.29) is 18.2 Å². The van der Waals surface area contributed by atoms with Gasteiger partial charge in [0.25, 0.3) is 0 Å². The first-order valence-electron chi connectivity index (χ1n) is 11.8. The molecule has 10 heteroatoms. The number of fused-ring (bicyclic) bond motifs is 2. The van der Waals surface area contributed by atoms with Crippen molar-refractivity contribution in [1.29, 1.82) is 0 Å². The molecule has 5 aromatic rings. The maximum absolute atomic E-state index is 12.9. The monoisotopic (exact) mass is 471 g/mol. The van der Waals surface area contributed by atoms with Crippen molar-refractivity contribution in [2.45, 2.75) is 38.4 Å². The Morgan fingerprint density at radius 2 is 1.80 bits per heavy atom. The van der Waals surface area contributed by atoms with Gasteiger partial charge in [-0.1, -0.05) is 29.5 Å². The number of aromatic nitrogens is 6. The van der Waals surface area contributed by atoms with Gasteiger partial charge < -0.3 is 13.9 Å². The molecule has 0 radical (unpaired) electrons. The van der Waals surface area contributed by atoms with Gasteiger partial charge >= 0.3 is 5.76 Å². The Bertz CT molecular complexity index is 1550. The molecule has 2 aromatic carbocycles. The average Bonchev–Trinajstić information content (AvgIpc) is 3.60. The molecule has 0 aliphatic carbocycles. The van der Waals surface area contributed by atoms with Crippen LogP contribution < -0.4 is 5.76 Å². The van der Waals surface area contributed by atoms with Crippen LogP contribution in [0.3, 0.4) is 0 Å². The van der Waals surface area contributed by atoms with Gasteiger partial charge in [-0.3, -0.25) is 9.36 Å². The number of imidazole rings is 1. The van der Waals surface area contributed by atoms with Gasteiger partial charge in [0.15, 0.2) is 5.58 Å². The van der Waals surface area contributed by atoms with E-state index in [0.29, 0.717) is 31.9 Å². The molecule has 35 heavy (non-hydrogen) atoms. The molecule has 0 saturated carbocycles. The van der Waals surface area contributed by atoms with E-state index in [1.165, 1.54) is 4.57 Å². The lowest BCUT2D eigenvalue weighted by atomic mass is 9.95. The van der Waals surface area contributed by atoms with Crippen molar-refractivity contribution in [2.75, 3.05) is 13.1 Å². The summed E-state index contributed by atoms with van der Waals surface area (Å²) in [5, 5.41) is 8.53. The summed E-state index contributed by atoms with van der Waals surface area (Å²) in [6.45, 7) is 2.20. The Labute approximate surface area is 200 Å². The van der Waals surface area contributed by atoms with Crippen LogP contribution in [0.25, 0.3) is 22.1 Å². The van der Waals surface area contributed by atoms with Crippen LogP contribution in [0.15, 0.2) is 70.1 Å². The second-order valence-electron chi connectivity index (χ2n) is 8.87. The number of oxazole rings is 1. The fraction of sp³-hybridized carbons (Fsp3) is 0.320. The molecule has 1 amide bonds. The number of hydrogen-bond acceptors (Lipinski definition) is 6. The third kappa shape index (κ3) is 4.01. The summed E-state index contributed by atoms with van der Waals surface area (Å²) < 4.78 is 10.8. The highest BCUT2D eigenvalue weighted by atomic mass is 16.4. The van der Waals surface area contributed by atoms with E-state index in [0.717, 1.165) is 35.2 Å². The van der Waals surface area contributed by atoms with Crippen LogP contribution in [-0.4, -0.2) is 53.0 Å². The first kappa shape index (κ1) is 21.3. The molecule has 1 aliphatic heterocycles. The largest absolute Gasteiger partial charge is 0.419 e. The Morgan fingerprint density at radius 1 is 1.03 bits per heavy atom. The molecular formula is C25H25N7O3. The fourth-order valence-electron chi connectivity index (χ4n) is 4.94. The zero-order valence-electron chi connectivity index (χ0n) is 19.2. The molecular weight excluding hydrogens is 446 g/mol. The summed E-state index contributed by atoms with van der Waals surface area (Å²) in [6.07, 6.45) is 5.74. The molecule has 6 rings (SSSR count). The molecule has 0 bridgehead atoms. The van der Waals surface area contributed by atoms with Gasteiger partial charge in [-0.2, -0.15) is 0 Å². The summed E-state index contributed by atoms with van der Waals surface area (Å²) in [4.78, 5) is 31.6. The quantitative estimate of drug-likeness (QED) is 0.377. The van der Waals surface area contributed by atoms with Crippen molar-refractivity contribution in [3.05, 3.63) is 77.3 Å². The maximum Gasteiger partial charge on any atom is 0.419 e. The minimum Gasteiger partial charge on any atom is -0.408 e. The van der Waals surface area contributed by atoms with Crippen molar-refractivity contribution in [3.8, 4) is 0 Å². The Kier molecular flexibility index (Phi) is 5.40. The topological polar surface area (TPSA) is 104 Å². The number of carbonyl (C=O) groups excluding carboxylic acids is 1. The smallest absolute Gasteiger partial charge is 0.408 e. The van der Waals surface area contributed by atoms with Gasteiger partial charge in [0.1, 0.15) is 18.0 Å². The molecule has 1 aliphatic rings. The van der Waals surface area contributed by atoms with Gasteiger partial charge in [0, 0.05) is 44.4 Å². The Hall–Kier alpha value is -4.21. The van der Waals surface area contributed by atoms with E-state index < -0.39 is 5.76 Å². The van der Waals surface area contributed by atoms with Gasteiger partial charge in [0.05, 0.1) is 11.0 Å². The number of rotatable bonds is 6. The predicted octanol–water partition coefficient (Wildman–Crippen LogP) is 2.84. The summed E-state index contributed by atoms with van der Waals surface area (Å²) >= 11 is 0. The molecule has 4 heterocycles. The van der Waals surface area contributed by atoms with Crippen LogP contribution in [0.2, 0.25) is 0 Å². The second kappa shape index (κ2) is 8.86. The van der Waals surface area contributed by atoms with Crippen LogP contribution in [0.4, 0.5) is 0 Å². The van der Waals surface area contributed by atoms with Crippen molar-refractivity contribution >= 4 is 28.0 Å². The number of piperidine rings is 1. The number of carbonyl (C=O) groups is 1. The zero-order chi connectivity index (χ0) is 23.8. The number of para-hydroxylation sites is 3. The van der Waals surface area contributed by atoms with Gasteiger partial charge in [-0.15, -0.1) is 5.10 Å². The average molecular weight is 472 g/mol. The van der Waals surface area contributed by atoms with Crippen LogP contribution in [0.5, 0.6) is 0 Å². The molecule has 3 aromatic heterocycles. The Balaban J connectivity index is 1.08. The first-order valence-corrected chi connectivity index (χ1v) is 11.8. The number of hydrogen-bond donors (Lipinski definition) is 0. The number of likely N-dealkylation sites (tertiary alicyclic amines) is 1. The normalized spacial score (nSPS) is 14.8. The first-order chi connectivity index (χ1) is 17.2. The molecule has 1 fully saturated rings. The zero-order valence-corrected chi connectivity index (χ0v) is 19.2. The van der Waals surface area contributed by atoms with E-state index in [9.17, 15) is 9.59 Å². The summed E-state index contributed by atoms with van der Waals surface area (Å²) in [6, 6.07) is 15.2. The maximum atomic E-state index is 12.9. The van der Waals surface area contributed by atoms with Crippen LogP contribution in [0, 0.1) is 0 Å². The molecule has 0 N–H and O–H groups in total. The summed E-state index contributed by atoms with van der Waals surface area (Å²) in [7, 11) is 0. The molecule has 10 nitrogen and oxygen atoms in total. The summed E-state index contributed by atoms with van der Waals surface area (Å²) in [5.74, 6) is 0.903. The summed E-state index contributed by atoms with van der Waals surface area (Å²) in [5.41, 5.74) is 3.11. The number of benzene rings is 2. The number of amides is 1. The highest BCUT2D eigenvalue weighted by molar-refractivity contribution is 5.77. The van der Waals surface area contributed by atoms with Gasteiger partial charge in [-0.05, 0) is 37.1 Å². The van der Waals surface area contributed by atoms with Gasteiger partial charge in [0.2, 0.25) is 5.91 Å². The highest BCUT2D eigenvalue weighted by Gasteiger charge is 2.26. The van der Waals surface area contributed by atoms with Crippen molar-refractivity contribution in [2.24, 2.45) is 0 Å². The second-order valence-corrected chi connectivity index (χ2v) is 8.87. The molecule has 0 unspecified atom stereocenters. The van der Waals surface area contributed by atoms with Crippen LogP contribution in [-0.2, 0) is 18.0 Å². The number of nitrogens with zero attached hydrogens (tertiary/aromatic N) is 7. The lowest BCUT2D eigenvalue weighted by molar-refractivity contribution is -0.132. The predicted molar refractivity (Wildman–Crippen MR) is 129 cm³/mol. The van der Waals surface area contributed by atoms with Gasteiger partial charge in [-0.25, -0.2) is 14.5 Å². The Morgan fingerprint density at radius 3 is 2.66 bits per heavy atom. The van der Waals surface area contributed by atoms with Crippen molar-refractivity contribution in [3.63, 3.8) is 0 Å². The van der Waals surface area contributed by atoms with E-state index in [4.69, 9.17) is 4.42 Å². The number of aryl methyl sites for hydroxylation is 1. The SMILES string of the molecule is O=C(CCn1c(=O)oc2ccccc21)N1CCC(c2nccn2Cn2nnc3ccccc32)CC1. The van der Waals surface area contributed by atoms with E-state index >= 15 is 0 Å². The minimum atomic E-state index is -0.426.